The highest BCUT2D eigenvalue weighted by molar-refractivity contribution is 8.00. The van der Waals surface area contributed by atoms with E-state index >= 15 is 0 Å². The number of H-pyrrole nitrogens is 1. The van der Waals surface area contributed by atoms with Gasteiger partial charge in [0.1, 0.15) is 0 Å². The first-order valence-corrected chi connectivity index (χ1v) is 11.6. The molecule has 1 fully saturated rings. The monoisotopic (exact) mass is 476 g/mol. The number of nitro groups is 1. The molecule has 2 N–H and O–H groups in total. The molecule has 11 nitrogen and oxygen atoms in total. The number of carbonyl (C=O) groups is 1. The lowest BCUT2D eigenvalue weighted by Crippen LogP contribution is -2.26. The van der Waals surface area contributed by atoms with Crippen LogP contribution in [0.25, 0.3) is 11.3 Å². The van der Waals surface area contributed by atoms with Crippen molar-refractivity contribution in [2.45, 2.75) is 42.8 Å². The van der Waals surface area contributed by atoms with Gasteiger partial charge in [0.2, 0.25) is 5.91 Å². The van der Waals surface area contributed by atoms with Gasteiger partial charge in [-0.2, -0.15) is 0 Å². The molecule has 4 rings (SSSR count). The second-order valence-electron chi connectivity index (χ2n) is 7.15. The molecule has 168 valence electrons. The van der Waals surface area contributed by atoms with Gasteiger partial charge >= 0.3 is 5.69 Å². The molecule has 1 saturated heterocycles. The van der Waals surface area contributed by atoms with Crippen molar-refractivity contribution in [1.82, 2.24) is 19.7 Å². The van der Waals surface area contributed by atoms with Crippen molar-refractivity contribution in [3.8, 4) is 11.3 Å². The Hall–Kier alpha value is -3.03. The van der Waals surface area contributed by atoms with Gasteiger partial charge in [-0.05, 0) is 19.8 Å². The maximum atomic E-state index is 12.7. The van der Waals surface area contributed by atoms with E-state index in [4.69, 9.17) is 4.74 Å². The lowest BCUT2D eigenvalue weighted by Gasteiger charge is -2.13. The third-order valence-electron chi connectivity index (χ3n) is 4.87. The standard InChI is InChI=1S/C19H20N6O5S2/c1-11(32-19-23-22-18(27)24(19)9-14-6-3-7-30-14)16(26)21-17-20-15(10-31-17)12-4-2-5-13(8-12)25(28)29/h2,4-5,8,10-11,14H,3,6-7,9H2,1H3,(H,22,27)(H,20,21,26). The minimum absolute atomic E-state index is 0.0286. The number of nitrogens with one attached hydrogen (secondary N) is 2. The first-order valence-electron chi connectivity index (χ1n) is 9.85. The number of aromatic nitrogens is 4. The Labute approximate surface area is 190 Å². The second kappa shape index (κ2) is 9.63. The number of aromatic amines is 1. The molecule has 3 aromatic rings. The Bertz CT molecular complexity index is 1180. The Morgan fingerprint density at radius 1 is 1.53 bits per heavy atom. The molecule has 0 spiro atoms. The van der Waals surface area contributed by atoms with Gasteiger partial charge in [-0.1, -0.05) is 23.9 Å². The molecule has 0 radical (unpaired) electrons. The number of thiazole rings is 1. The number of hydrogen-bond acceptors (Lipinski definition) is 9. The van der Waals surface area contributed by atoms with Crippen LogP contribution < -0.4 is 11.0 Å². The molecule has 0 saturated carbocycles. The van der Waals surface area contributed by atoms with Crippen LogP contribution in [-0.4, -0.2) is 48.5 Å². The van der Waals surface area contributed by atoms with E-state index in [2.05, 4.69) is 20.5 Å². The summed E-state index contributed by atoms with van der Waals surface area (Å²) in [6.45, 7) is 2.79. The highest BCUT2D eigenvalue weighted by Crippen LogP contribution is 2.28. The van der Waals surface area contributed by atoms with Crippen molar-refractivity contribution in [1.29, 1.82) is 0 Å². The van der Waals surface area contributed by atoms with E-state index in [1.165, 1.54) is 28.0 Å². The SMILES string of the molecule is CC(Sc1n[nH]c(=O)n1CC1CCCO1)C(=O)Nc1nc(-c2cccc([N+](=O)[O-])c2)cs1. The molecule has 0 bridgehead atoms. The fraction of sp³-hybridized carbons (Fsp3) is 0.368. The smallest absolute Gasteiger partial charge is 0.344 e. The first-order chi connectivity index (χ1) is 15.4. The van der Waals surface area contributed by atoms with Crippen LogP contribution >= 0.6 is 23.1 Å². The van der Waals surface area contributed by atoms with Crippen molar-refractivity contribution in [2.24, 2.45) is 0 Å². The Balaban J connectivity index is 1.40. The van der Waals surface area contributed by atoms with Crippen LogP contribution in [0.5, 0.6) is 0 Å². The normalized spacial score (nSPS) is 16.7. The molecule has 0 aliphatic carbocycles. The average Bonchev–Trinajstić information content (AvgIpc) is 3.53. The van der Waals surface area contributed by atoms with E-state index in [1.807, 2.05) is 0 Å². The summed E-state index contributed by atoms with van der Waals surface area (Å²) in [5.74, 6) is -0.297. The van der Waals surface area contributed by atoms with E-state index < -0.39 is 10.2 Å². The lowest BCUT2D eigenvalue weighted by atomic mass is 10.1. The minimum atomic E-state index is -0.543. The quantitative estimate of drug-likeness (QED) is 0.287. The number of hydrogen-bond donors (Lipinski definition) is 2. The number of amides is 1. The van der Waals surface area contributed by atoms with Crippen LogP contribution in [0.2, 0.25) is 0 Å². The predicted octanol–water partition coefficient (Wildman–Crippen LogP) is 2.90. The number of ether oxygens (including phenoxy) is 1. The Morgan fingerprint density at radius 3 is 3.12 bits per heavy atom. The summed E-state index contributed by atoms with van der Waals surface area (Å²) in [5.41, 5.74) is 0.761. The topological polar surface area (TPSA) is 145 Å². The highest BCUT2D eigenvalue weighted by atomic mass is 32.2. The molecule has 1 aliphatic rings. The minimum Gasteiger partial charge on any atom is -0.376 e. The van der Waals surface area contributed by atoms with Crippen LogP contribution in [0.15, 0.2) is 39.6 Å². The first kappa shape index (κ1) is 22.2. The third-order valence-corrected chi connectivity index (χ3v) is 6.72. The van der Waals surface area contributed by atoms with Gasteiger partial charge in [-0.15, -0.1) is 16.4 Å². The zero-order valence-corrected chi connectivity index (χ0v) is 18.6. The summed E-state index contributed by atoms with van der Waals surface area (Å²) in [4.78, 5) is 39.6. The van der Waals surface area contributed by atoms with Crippen molar-refractivity contribution in [2.75, 3.05) is 11.9 Å². The largest absolute Gasteiger partial charge is 0.376 e. The summed E-state index contributed by atoms with van der Waals surface area (Å²) in [6, 6.07) is 6.15. The number of thioether (sulfide) groups is 1. The molecule has 3 heterocycles. The van der Waals surface area contributed by atoms with Crippen LogP contribution in [0, 0.1) is 10.1 Å². The molecule has 32 heavy (non-hydrogen) atoms. The Kier molecular flexibility index (Phi) is 6.67. The van der Waals surface area contributed by atoms with E-state index in [0.717, 1.165) is 24.6 Å². The lowest BCUT2D eigenvalue weighted by molar-refractivity contribution is -0.384. The number of nitrogens with zero attached hydrogens (tertiary/aromatic N) is 4. The number of nitro benzene ring substituents is 1. The van der Waals surface area contributed by atoms with Crippen LogP contribution in [0.4, 0.5) is 10.8 Å². The zero-order valence-electron chi connectivity index (χ0n) is 17.0. The molecular weight excluding hydrogens is 456 g/mol. The summed E-state index contributed by atoms with van der Waals surface area (Å²) in [5, 5.41) is 22.2. The molecule has 1 aliphatic heterocycles. The van der Waals surface area contributed by atoms with Gasteiger partial charge in [0.05, 0.1) is 28.5 Å². The molecule has 2 atom stereocenters. The summed E-state index contributed by atoms with van der Waals surface area (Å²) in [6.07, 6.45) is 1.82. The molecule has 2 unspecified atom stereocenters. The van der Waals surface area contributed by atoms with Crippen LogP contribution in [0.1, 0.15) is 19.8 Å². The average molecular weight is 477 g/mol. The fourth-order valence-electron chi connectivity index (χ4n) is 3.21. The predicted molar refractivity (Wildman–Crippen MR) is 120 cm³/mol. The van der Waals surface area contributed by atoms with E-state index in [0.29, 0.717) is 34.7 Å². The van der Waals surface area contributed by atoms with Crippen LogP contribution in [-0.2, 0) is 16.1 Å². The number of non-ortho nitro benzene ring substituents is 1. The van der Waals surface area contributed by atoms with Crippen molar-refractivity contribution in [3.05, 3.63) is 50.2 Å². The summed E-state index contributed by atoms with van der Waals surface area (Å²) < 4.78 is 7.09. The van der Waals surface area contributed by atoms with Gasteiger partial charge in [0.15, 0.2) is 10.3 Å². The highest BCUT2D eigenvalue weighted by Gasteiger charge is 2.23. The van der Waals surface area contributed by atoms with Gasteiger partial charge in [-0.3, -0.25) is 19.5 Å². The number of rotatable bonds is 8. The van der Waals surface area contributed by atoms with Gasteiger partial charge in [0, 0.05) is 29.7 Å². The maximum Gasteiger partial charge on any atom is 0.344 e. The van der Waals surface area contributed by atoms with E-state index in [9.17, 15) is 19.7 Å². The van der Waals surface area contributed by atoms with E-state index in [-0.39, 0.29) is 23.4 Å². The number of carbonyl (C=O) groups excluding carboxylic acids is 1. The van der Waals surface area contributed by atoms with Gasteiger partial charge < -0.3 is 10.1 Å². The van der Waals surface area contributed by atoms with Gasteiger partial charge in [0.25, 0.3) is 5.69 Å². The van der Waals surface area contributed by atoms with Crippen molar-refractivity contribution < 1.29 is 14.5 Å². The number of benzene rings is 1. The number of anilines is 1. The molecule has 1 amide bonds. The second-order valence-corrected chi connectivity index (χ2v) is 9.32. The summed E-state index contributed by atoms with van der Waals surface area (Å²) >= 11 is 2.39. The molecule has 2 aromatic heterocycles. The molecule has 1 aromatic carbocycles. The fourth-order valence-corrected chi connectivity index (χ4v) is 4.80. The van der Waals surface area contributed by atoms with Crippen molar-refractivity contribution in [3.63, 3.8) is 0 Å². The zero-order chi connectivity index (χ0) is 22.7. The maximum absolute atomic E-state index is 12.7. The molecular formula is C19H20N6O5S2. The van der Waals surface area contributed by atoms with E-state index in [1.54, 1.807) is 24.4 Å². The van der Waals surface area contributed by atoms with Gasteiger partial charge in [-0.25, -0.2) is 14.9 Å². The Morgan fingerprint density at radius 2 is 2.38 bits per heavy atom. The van der Waals surface area contributed by atoms with Crippen molar-refractivity contribution >= 4 is 39.8 Å². The molecule has 13 heteroatoms. The van der Waals surface area contributed by atoms with Crippen LogP contribution in [0.3, 0.4) is 0 Å². The summed E-state index contributed by atoms with van der Waals surface area (Å²) in [7, 11) is 0. The third kappa shape index (κ3) is 5.06.